The topological polar surface area (TPSA) is 55.6 Å². The molecular weight excluding hydrogens is 288 g/mol. The van der Waals surface area contributed by atoms with E-state index in [0.29, 0.717) is 19.0 Å². The van der Waals surface area contributed by atoms with E-state index < -0.39 is 5.60 Å². The van der Waals surface area contributed by atoms with Crippen molar-refractivity contribution in [3.8, 4) is 0 Å². The first-order valence-corrected chi connectivity index (χ1v) is 8.49. The summed E-state index contributed by atoms with van der Waals surface area (Å²) in [5.74, 6) is 0.795. The highest BCUT2D eigenvalue weighted by molar-refractivity contribution is 5.68. The third-order valence-corrected chi connectivity index (χ3v) is 4.21. The average Bonchev–Trinajstić information content (AvgIpc) is 2.45. The fraction of sp³-hybridized carbons (Fsp3) is 0.632. The molecule has 0 aromatic heterocycles. The van der Waals surface area contributed by atoms with Crippen LogP contribution in [0.5, 0.6) is 0 Å². The minimum absolute atomic E-state index is 0.00829. The van der Waals surface area contributed by atoms with Gasteiger partial charge in [0.25, 0.3) is 0 Å². The van der Waals surface area contributed by atoms with Gasteiger partial charge in [0.15, 0.2) is 0 Å². The molecule has 0 saturated carbocycles. The van der Waals surface area contributed by atoms with Gasteiger partial charge in [-0.1, -0.05) is 38.1 Å². The summed E-state index contributed by atoms with van der Waals surface area (Å²) < 4.78 is 5.49. The Morgan fingerprint density at radius 2 is 1.83 bits per heavy atom. The molecule has 0 aliphatic carbocycles. The zero-order chi connectivity index (χ0) is 17.2. The molecule has 0 bridgehead atoms. The van der Waals surface area contributed by atoms with Gasteiger partial charge in [-0.3, -0.25) is 0 Å². The molecule has 1 amide bonds. The van der Waals surface area contributed by atoms with E-state index in [2.05, 4.69) is 38.1 Å². The maximum absolute atomic E-state index is 12.3. The van der Waals surface area contributed by atoms with E-state index >= 15 is 0 Å². The molecule has 1 aromatic rings. The van der Waals surface area contributed by atoms with Crippen molar-refractivity contribution in [1.82, 2.24) is 4.90 Å². The van der Waals surface area contributed by atoms with Crippen molar-refractivity contribution in [3.63, 3.8) is 0 Å². The zero-order valence-corrected chi connectivity index (χ0v) is 15.0. The van der Waals surface area contributed by atoms with E-state index in [1.807, 2.05) is 20.8 Å². The minimum atomic E-state index is -0.479. The molecule has 128 valence electrons. The minimum Gasteiger partial charge on any atom is -0.444 e. The Hall–Kier alpha value is -1.55. The molecule has 1 fully saturated rings. The van der Waals surface area contributed by atoms with Gasteiger partial charge in [-0.15, -0.1) is 0 Å². The molecule has 4 nitrogen and oxygen atoms in total. The summed E-state index contributed by atoms with van der Waals surface area (Å²) in [6.07, 6.45) is 0.636. The Morgan fingerprint density at radius 3 is 2.35 bits per heavy atom. The van der Waals surface area contributed by atoms with Crippen molar-refractivity contribution < 1.29 is 9.53 Å². The Kier molecular flexibility index (Phi) is 5.35. The van der Waals surface area contributed by atoms with Crippen molar-refractivity contribution in [2.45, 2.75) is 64.5 Å². The maximum atomic E-state index is 12.3. The largest absolute Gasteiger partial charge is 0.444 e. The SMILES string of the molecule is CC(C)c1ccc(C2CC(N)CN(C(=O)OC(C)(C)C)C2)cc1. The molecule has 23 heavy (non-hydrogen) atoms. The highest BCUT2D eigenvalue weighted by Crippen LogP contribution is 2.28. The molecule has 1 aliphatic rings. The predicted molar refractivity (Wildman–Crippen MR) is 93.7 cm³/mol. The molecule has 1 aliphatic heterocycles. The summed E-state index contributed by atoms with van der Waals surface area (Å²) in [5, 5.41) is 0. The summed E-state index contributed by atoms with van der Waals surface area (Å²) in [6, 6.07) is 8.69. The molecule has 0 spiro atoms. The fourth-order valence-corrected chi connectivity index (χ4v) is 3.01. The van der Waals surface area contributed by atoms with E-state index in [4.69, 9.17) is 10.5 Å². The van der Waals surface area contributed by atoms with Crippen molar-refractivity contribution >= 4 is 6.09 Å². The summed E-state index contributed by atoms with van der Waals surface area (Å²) in [7, 11) is 0. The lowest BCUT2D eigenvalue weighted by atomic mass is 9.87. The standard InChI is InChI=1S/C19H30N2O2/c1-13(2)14-6-8-15(9-7-14)16-10-17(20)12-21(11-16)18(22)23-19(3,4)5/h6-9,13,16-17H,10-12,20H2,1-5H3. The normalized spacial score (nSPS) is 22.3. The van der Waals surface area contributed by atoms with E-state index in [9.17, 15) is 4.79 Å². The fourth-order valence-electron chi connectivity index (χ4n) is 3.01. The number of carbonyl (C=O) groups excluding carboxylic acids is 1. The van der Waals surface area contributed by atoms with E-state index in [0.717, 1.165) is 6.42 Å². The number of ether oxygens (including phenoxy) is 1. The van der Waals surface area contributed by atoms with Crippen LogP contribution < -0.4 is 5.73 Å². The quantitative estimate of drug-likeness (QED) is 0.901. The predicted octanol–water partition coefficient (Wildman–Crippen LogP) is 3.86. The maximum Gasteiger partial charge on any atom is 0.410 e. The number of nitrogens with two attached hydrogens (primary N) is 1. The summed E-state index contributed by atoms with van der Waals surface area (Å²) in [5.41, 5.74) is 8.28. The third-order valence-electron chi connectivity index (χ3n) is 4.21. The first-order chi connectivity index (χ1) is 10.7. The second kappa shape index (κ2) is 6.91. The molecule has 2 unspecified atom stereocenters. The number of piperidine rings is 1. The van der Waals surface area contributed by atoms with Gasteiger partial charge in [-0.2, -0.15) is 0 Å². The lowest BCUT2D eigenvalue weighted by molar-refractivity contribution is 0.0181. The number of likely N-dealkylation sites (tertiary alicyclic amines) is 1. The first-order valence-electron chi connectivity index (χ1n) is 8.49. The monoisotopic (exact) mass is 318 g/mol. The van der Waals surface area contributed by atoms with Crippen LogP contribution in [0, 0.1) is 0 Å². The summed E-state index contributed by atoms with van der Waals surface area (Å²) in [6.45, 7) is 11.3. The number of carbonyl (C=O) groups is 1. The highest BCUT2D eigenvalue weighted by atomic mass is 16.6. The second-order valence-electron chi connectivity index (χ2n) is 7.90. The van der Waals surface area contributed by atoms with Crippen LogP contribution >= 0.6 is 0 Å². The highest BCUT2D eigenvalue weighted by Gasteiger charge is 2.31. The van der Waals surface area contributed by atoms with Gasteiger partial charge in [-0.05, 0) is 44.2 Å². The zero-order valence-electron chi connectivity index (χ0n) is 15.0. The molecule has 4 heteroatoms. The second-order valence-corrected chi connectivity index (χ2v) is 7.90. The lowest BCUT2D eigenvalue weighted by Crippen LogP contribution is -2.50. The number of hydrogen-bond donors (Lipinski definition) is 1. The van der Waals surface area contributed by atoms with Crippen LogP contribution in [-0.4, -0.2) is 35.7 Å². The number of rotatable bonds is 2. The van der Waals surface area contributed by atoms with Crippen LogP contribution in [0.15, 0.2) is 24.3 Å². The van der Waals surface area contributed by atoms with Gasteiger partial charge in [0.2, 0.25) is 0 Å². The van der Waals surface area contributed by atoms with Crippen LogP contribution in [0.25, 0.3) is 0 Å². The number of hydrogen-bond acceptors (Lipinski definition) is 3. The molecule has 1 aromatic carbocycles. The van der Waals surface area contributed by atoms with Gasteiger partial charge in [-0.25, -0.2) is 4.79 Å². The van der Waals surface area contributed by atoms with E-state index in [1.54, 1.807) is 4.90 Å². The van der Waals surface area contributed by atoms with Crippen molar-refractivity contribution in [2.24, 2.45) is 5.73 Å². The summed E-state index contributed by atoms with van der Waals surface area (Å²) >= 11 is 0. The molecule has 2 rings (SSSR count). The molecule has 2 N–H and O–H groups in total. The van der Waals surface area contributed by atoms with Crippen LogP contribution in [-0.2, 0) is 4.74 Å². The number of benzene rings is 1. The number of amides is 1. The van der Waals surface area contributed by atoms with Gasteiger partial charge < -0.3 is 15.4 Å². The van der Waals surface area contributed by atoms with Crippen molar-refractivity contribution in [1.29, 1.82) is 0 Å². The Balaban J connectivity index is 2.09. The molecule has 1 heterocycles. The van der Waals surface area contributed by atoms with Crippen LogP contribution in [0.4, 0.5) is 4.79 Å². The first kappa shape index (κ1) is 17.8. The Bertz CT molecular complexity index is 531. The van der Waals surface area contributed by atoms with Crippen molar-refractivity contribution in [3.05, 3.63) is 35.4 Å². The van der Waals surface area contributed by atoms with E-state index in [1.165, 1.54) is 11.1 Å². The van der Waals surface area contributed by atoms with Crippen LogP contribution in [0.1, 0.15) is 64.0 Å². The third kappa shape index (κ3) is 4.96. The smallest absolute Gasteiger partial charge is 0.410 e. The Labute approximate surface area is 140 Å². The van der Waals surface area contributed by atoms with Crippen LogP contribution in [0.3, 0.4) is 0 Å². The van der Waals surface area contributed by atoms with Gasteiger partial charge in [0, 0.05) is 25.0 Å². The van der Waals surface area contributed by atoms with Crippen molar-refractivity contribution in [2.75, 3.05) is 13.1 Å². The van der Waals surface area contributed by atoms with Gasteiger partial charge >= 0.3 is 6.09 Å². The molecule has 0 radical (unpaired) electrons. The molecule has 2 atom stereocenters. The molecular formula is C19H30N2O2. The van der Waals surface area contributed by atoms with E-state index in [-0.39, 0.29) is 18.1 Å². The molecule has 1 saturated heterocycles. The number of nitrogens with zero attached hydrogens (tertiary/aromatic N) is 1. The van der Waals surface area contributed by atoms with Crippen LogP contribution in [0.2, 0.25) is 0 Å². The Morgan fingerprint density at radius 1 is 1.22 bits per heavy atom. The van der Waals surface area contributed by atoms with Gasteiger partial charge in [0.05, 0.1) is 0 Å². The average molecular weight is 318 g/mol. The summed E-state index contributed by atoms with van der Waals surface area (Å²) in [4.78, 5) is 14.1. The lowest BCUT2D eigenvalue weighted by Gasteiger charge is -2.37. The van der Waals surface area contributed by atoms with Gasteiger partial charge in [0.1, 0.15) is 5.60 Å².